The molecule has 0 unspecified atom stereocenters. The smallest absolute Gasteiger partial charge is 0.123 e. The maximum atomic E-state index is 5.77. The summed E-state index contributed by atoms with van der Waals surface area (Å²) in [5.41, 5.74) is 6.57. The van der Waals surface area contributed by atoms with Crippen molar-refractivity contribution in [3.63, 3.8) is 0 Å². The first kappa shape index (κ1) is 7.76. The van der Waals surface area contributed by atoms with E-state index in [1.165, 1.54) is 10.8 Å². The minimum atomic E-state index is 0.802. The zero-order chi connectivity index (χ0) is 9.54. The van der Waals surface area contributed by atoms with Gasteiger partial charge in [-0.25, -0.2) is 4.98 Å². The minimum Gasteiger partial charge on any atom is -0.399 e. The van der Waals surface area contributed by atoms with Crippen LogP contribution in [0.4, 0.5) is 5.69 Å². The molecule has 1 aromatic carbocycles. The number of aromatic nitrogens is 1. The first-order chi connectivity index (χ1) is 6.84. The predicted octanol–water partition coefficient (Wildman–Crippen LogP) is 3.03. The monoisotopic (exact) mass is 200 g/mol. The molecule has 2 heterocycles. The molecule has 0 amide bonds. The summed E-state index contributed by atoms with van der Waals surface area (Å²) < 4.78 is 0. The van der Waals surface area contributed by atoms with E-state index in [1.807, 2.05) is 24.4 Å². The molecule has 3 aromatic rings. The highest BCUT2D eigenvalue weighted by molar-refractivity contribution is 7.16. The van der Waals surface area contributed by atoms with Gasteiger partial charge in [-0.05, 0) is 29.0 Å². The molecule has 0 aliphatic carbocycles. The number of nitrogens with zero attached hydrogens (tertiary/aromatic N) is 1. The van der Waals surface area contributed by atoms with Crippen LogP contribution in [0.25, 0.3) is 21.0 Å². The Morgan fingerprint density at radius 1 is 1.14 bits per heavy atom. The Bertz CT molecular complexity index is 613. The molecule has 0 aliphatic rings. The van der Waals surface area contributed by atoms with E-state index in [-0.39, 0.29) is 0 Å². The van der Waals surface area contributed by atoms with Crippen molar-refractivity contribution in [2.45, 2.75) is 0 Å². The molecule has 0 aliphatic heterocycles. The van der Waals surface area contributed by atoms with Gasteiger partial charge < -0.3 is 5.73 Å². The molecule has 0 saturated carbocycles. The normalized spacial score (nSPS) is 11.1. The molecule has 0 fully saturated rings. The molecule has 2 N–H and O–H groups in total. The lowest BCUT2D eigenvalue weighted by Gasteiger charge is -1.99. The summed E-state index contributed by atoms with van der Waals surface area (Å²) in [6.45, 7) is 0. The Kier molecular flexibility index (Phi) is 1.49. The lowest BCUT2D eigenvalue weighted by Crippen LogP contribution is -1.84. The fraction of sp³-hybridized carbons (Fsp3) is 0. The van der Waals surface area contributed by atoms with Crippen LogP contribution in [0.3, 0.4) is 0 Å². The SMILES string of the molecule is Nc1ccc2cnc3sccc3c2c1. The summed E-state index contributed by atoms with van der Waals surface area (Å²) in [6, 6.07) is 8.01. The summed E-state index contributed by atoms with van der Waals surface area (Å²) in [6.07, 6.45) is 1.90. The predicted molar refractivity (Wildman–Crippen MR) is 61.5 cm³/mol. The molecule has 14 heavy (non-hydrogen) atoms. The molecule has 3 rings (SSSR count). The molecular weight excluding hydrogens is 192 g/mol. The Labute approximate surface area is 85.0 Å². The van der Waals surface area contributed by atoms with Crippen LogP contribution in [0, 0.1) is 0 Å². The first-order valence-electron chi connectivity index (χ1n) is 4.36. The number of rotatable bonds is 0. The molecule has 3 heteroatoms. The van der Waals surface area contributed by atoms with Crippen LogP contribution in [0.15, 0.2) is 35.8 Å². The summed E-state index contributed by atoms with van der Waals surface area (Å²) in [5, 5.41) is 5.58. The second-order valence-electron chi connectivity index (χ2n) is 3.24. The minimum absolute atomic E-state index is 0.802. The van der Waals surface area contributed by atoms with E-state index in [1.54, 1.807) is 11.3 Å². The van der Waals surface area contributed by atoms with Crippen LogP contribution in [-0.2, 0) is 0 Å². The van der Waals surface area contributed by atoms with Crippen LogP contribution < -0.4 is 5.73 Å². The first-order valence-corrected chi connectivity index (χ1v) is 5.24. The van der Waals surface area contributed by atoms with E-state index in [4.69, 9.17) is 5.73 Å². The lowest BCUT2D eigenvalue weighted by molar-refractivity contribution is 1.48. The zero-order valence-electron chi connectivity index (χ0n) is 7.40. The standard InChI is InChI=1S/C11H8N2S/c12-8-2-1-7-6-13-11-9(3-4-14-11)10(7)5-8/h1-6H,12H2. The average molecular weight is 200 g/mol. The van der Waals surface area contributed by atoms with E-state index >= 15 is 0 Å². The van der Waals surface area contributed by atoms with Crippen molar-refractivity contribution in [1.82, 2.24) is 4.98 Å². The second-order valence-corrected chi connectivity index (χ2v) is 4.14. The Hall–Kier alpha value is -1.61. The Morgan fingerprint density at radius 3 is 3.00 bits per heavy atom. The number of hydrogen-bond donors (Lipinski definition) is 1. The lowest BCUT2D eigenvalue weighted by atomic mass is 10.1. The van der Waals surface area contributed by atoms with Gasteiger partial charge in [0.2, 0.25) is 0 Å². The number of fused-ring (bicyclic) bond motifs is 3. The van der Waals surface area contributed by atoms with Crippen molar-refractivity contribution in [3.05, 3.63) is 35.8 Å². The van der Waals surface area contributed by atoms with E-state index in [2.05, 4.69) is 16.4 Å². The topological polar surface area (TPSA) is 38.9 Å². The maximum Gasteiger partial charge on any atom is 0.123 e. The van der Waals surface area contributed by atoms with Crippen molar-refractivity contribution in [2.75, 3.05) is 5.73 Å². The molecule has 2 aromatic heterocycles. The van der Waals surface area contributed by atoms with Crippen LogP contribution in [0.5, 0.6) is 0 Å². The van der Waals surface area contributed by atoms with Crippen LogP contribution in [0.2, 0.25) is 0 Å². The Morgan fingerprint density at radius 2 is 2.07 bits per heavy atom. The quantitative estimate of drug-likeness (QED) is 0.566. The van der Waals surface area contributed by atoms with E-state index in [0.717, 1.165) is 15.9 Å². The molecule has 0 radical (unpaired) electrons. The highest BCUT2D eigenvalue weighted by Crippen LogP contribution is 2.28. The van der Waals surface area contributed by atoms with Crippen LogP contribution in [0.1, 0.15) is 0 Å². The van der Waals surface area contributed by atoms with Gasteiger partial charge in [0.25, 0.3) is 0 Å². The van der Waals surface area contributed by atoms with E-state index in [0.29, 0.717) is 0 Å². The molecule has 0 spiro atoms. The van der Waals surface area contributed by atoms with Gasteiger partial charge in [-0.3, -0.25) is 0 Å². The van der Waals surface area contributed by atoms with Crippen molar-refractivity contribution in [2.24, 2.45) is 0 Å². The van der Waals surface area contributed by atoms with Gasteiger partial charge in [-0.1, -0.05) is 6.07 Å². The summed E-state index contributed by atoms with van der Waals surface area (Å²) in [7, 11) is 0. The van der Waals surface area contributed by atoms with Gasteiger partial charge in [0.05, 0.1) is 0 Å². The van der Waals surface area contributed by atoms with Crippen molar-refractivity contribution in [1.29, 1.82) is 0 Å². The molecule has 68 valence electrons. The van der Waals surface area contributed by atoms with E-state index < -0.39 is 0 Å². The molecule has 0 atom stereocenters. The number of nitrogens with two attached hydrogens (primary N) is 1. The fourth-order valence-electron chi connectivity index (χ4n) is 1.65. The average Bonchev–Trinajstić information content (AvgIpc) is 2.65. The molecule has 0 saturated heterocycles. The summed E-state index contributed by atoms with van der Waals surface area (Å²) in [4.78, 5) is 5.45. The number of pyridine rings is 1. The van der Waals surface area contributed by atoms with Crippen LogP contribution in [-0.4, -0.2) is 4.98 Å². The van der Waals surface area contributed by atoms with Gasteiger partial charge in [-0.15, -0.1) is 11.3 Å². The number of nitrogen functional groups attached to an aromatic ring is 1. The zero-order valence-corrected chi connectivity index (χ0v) is 8.21. The number of thiophene rings is 1. The van der Waals surface area contributed by atoms with Crippen molar-refractivity contribution in [3.8, 4) is 0 Å². The summed E-state index contributed by atoms with van der Waals surface area (Å²) >= 11 is 1.66. The van der Waals surface area contributed by atoms with Crippen LogP contribution >= 0.6 is 11.3 Å². The number of benzene rings is 1. The molecule has 0 bridgehead atoms. The third kappa shape index (κ3) is 0.992. The van der Waals surface area contributed by atoms with E-state index in [9.17, 15) is 0 Å². The highest BCUT2D eigenvalue weighted by atomic mass is 32.1. The third-order valence-corrected chi connectivity index (χ3v) is 3.15. The number of hydrogen-bond acceptors (Lipinski definition) is 3. The van der Waals surface area contributed by atoms with Gasteiger partial charge in [-0.2, -0.15) is 0 Å². The van der Waals surface area contributed by atoms with Gasteiger partial charge in [0.15, 0.2) is 0 Å². The largest absolute Gasteiger partial charge is 0.399 e. The van der Waals surface area contributed by atoms with Gasteiger partial charge in [0.1, 0.15) is 4.83 Å². The van der Waals surface area contributed by atoms with Gasteiger partial charge in [0, 0.05) is 22.7 Å². The van der Waals surface area contributed by atoms with Gasteiger partial charge >= 0.3 is 0 Å². The molecular formula is C11H8N2S. The summed E-state index contributed by atoms with van der Waals surface area (Å²) in [5.74, 6) is 0. The fourth-order valence-corrected chi connectivity index (χ4v) is 2.41. The van der Waals surface area contributed by atoms with Crippen molar-refractivity contribution < 1.29 is 0 Å². The second kappa shape index (κ2) is 2.69. The maximum absolute atomic E-state index is 5.77. The number of anilines is 1. The Balaban J connectivity index is 2.60. The highest BCUT2D eigenvalue weighted by Gasteiger charge is 2.02. The third-order valence-electron chi connectivity index (χ3n) is 2.33. The molecule has 2 nitrogen and oxygen atoms in total. The van der Waals surface area contributed by atoms with Crippen molar-refractivity contribution >= 4 is 38.0 Å².